The minimum Gasteiger partial charge on any atom is -0.508 e. The highest BCUT2D eigenvalue weighted by atomic mass is 32.2. The summed E-state index contributed by atoms with van der Waals surface area (Å²) in [5.41, 5.74) is 0.881. The van der Waals surface area contributed by atoms with E-state index in [1.807, 2.05) is 6.26 Å². The van der Waals surface area contributed by atoms with Crippen LogP contribution in [0.4, 0.5) is 0 Å². The number of hydrogen-bond acceptors (Lipinski definition) is 4. The summed E-state index contributed by atoms with van der Waals surface area (Å²) in [6, 6.07) is 6.69. The first-order valence-electron chi connectivity index (χ1n) is 4.54. The Morgan fingerprint density at radius 1 is 1.38 bits per heavy atom. The van der Waals surface area contributed by atoms with Crippen LogP contribution >= 0.6 is 23.5 Å². The second-order valence-corrected chi connectivity index (χ2v) is 5.17. The second kappa shape index (κ2) is 4.76. The van der Waals surface area contributed by atoms with E-state index in [9.17, 15) is 4.79 Å². The Morgan fingerprint density at radius 3 is 2.62 bits per heavy atom. The molecule has 3 nitrogen and oxygen atoms in total. The van der Waals surface area contributed by atoms with E-state index in [1.54, 1.807) is 30.3 Å². The summed E-state index contributed by atoms with van der Waals surface area (Å²) < 4.78 is 0.773. The fourth-order valence-corrected chi connectivity index (χ4v) is 2.62. The van der Waals surface area contributed by atoms with Gasteiger partial charge < -0.3 is 5.11 Å². The van der Waals surface area contributed by atoms with E-state index in [4.69, 9.17) is 5.11 Å². The Kier molecular flexibility index (Phi) is 3.36. The third-order valence-electron chi connectivity index (χ3n) is 1.97. The molecule has 5 heteroatoms. The zero-order valence-electron chi connectivity index (χ0n) is 8.51. The molecule has 0 saturated heterocycles. The number of carbonyl (C=O) groups excluding carboxylic acids is 1. The van der Waals surface area contributed by atoms with Gasteiger partial charge >= 0.3 is 0 Å². The van der Waals surface area contributed by atoms with E-state index in [-0.39, 0.29) is 11.7 Å². The van der Waals surface area contributed by atoms with Crippen molar-refractivity contribution in [3.8, 4) is 5.75 Å². The van der Waals surface area contributed by atoms with Crippen LogP contribution < -0.4 is 0 Å². The number of hydrogen-bond donors (Lipinski definition) is 1. The molecule has 1 aliphatic heterocycles. The number of phenols is 1. The van der Waals surface area contributed by atoms with E-state index in [2.05, 4.69) is 4.99 Å². The smallest absolute Gasteiger partial charge is 0.285 e. The number of aromatic hydroxyl groups is 1. The molecule has 1 aromatic carbocycles. The zero-order chi connectivity index (χ0) is 11.5. The Morgan fingerprint density at radius 2 is 2.06 bits per heavy atom. The topological polar surface area (TPSA) is 49.7 Å². The van der Waals surface area contributed by atoms with Gasteiger partial charge in [0.15, 0.2) is 0 Å². The molecule has 1 aliphatic rings. The summed E-state index contributed by atoms with van der Waals surface area (Å²) in [4.78, 5) is 16.0. The number of benzene rings is 1. The van der Waals surface area contributed by atoms with Crippen LogP contribution in [-0.2, 0) is 4.79 Å². The lowest BCUT2D eigenvalue weighted by atomic mass is 10.2. The maximum atomic E-state index is 11.5. The quantitative estimate of drug-likeness (QED) is 0.780. The molecule has 1 aromatic rings. The van der Waals surface area contributed by atoms with Crippen molar-refractivity contribution in [2.75, 3.05) is 6.26 Å². The largest absolute Gasteiger partial charge is 0.508 e. The van der Waals surface area contributed by atoms with Gasteiger partial charge in [0.2, 0.25) is 0 Å². The summed E-state index contributed by atoms with van der Waals surface area (Å²) >= 11 is 2.84. The lowest BCUT2D eigenvalue weighted by Crippen LogP contribution is -1.87. The van der Waals surface area contributed by atoms with Crippen LogP contribution in [0.1, 0.15) is 5.56 Å². The van der Waals surface area contributed by atoms with Crippen molar-refractivity contribution in [1.29, 1.82) is 0 Å². The molecule has 82 valence electrons. The average molecular weight is 251 g/mol. The maximum Gasteiger partial charge on any atom is 0.285 e. The third-order valence-corrected chi connectivity index (χ3v) is 3.94. The zero-order valence-corrected chi connectivity index (χ0v) is 10.1. The van der Waals surface area contributed by atoms with E-state index in [0.717, 1.165) is 9.94 Å². The number of amides is 1. The Labute approximate surface area is 102 Å². The van der Waals surface area contributed by atoms with Gasteiger partial charge in [-0.05, 0) is 30.0 Å². The molecule has 0 spiro atoms. The molecule has 2 rings (SSSR count). The fraction of sp³-hybridized carbons (Fsp3) is 0.0909. The Bertz CT molecular complexity index is 477. The van der Waals surface area contributed by atoms with Crippen molar-refractivity contribution in [2.45, 2.75) is 0 Å². The van der Waals surface area contributed by atoms with Crippen molar-refractivity contribution in [2.24, 2.45) is 4.99 Å². The number of aliphatic imine (C=N–C) groups is 1. The van der Waals surface area contributed by atoms with Gasteiger partial charge in [-0.15, -0.1) is 11.8 Å². The molecule has 0 radical (unpaired) electrons. The van der Waals surface area contributed by atoms with Gasteiger partial charge in [-0.2, -0.15) is 4.99 Å². The number of phenolic OH excluding ortho intramolecular Hbond substituents is 1. The molecular weight excluding hydrogens is 242 g/mol. The normalized spacial score (nSPS) is 17.9. The summed E-state index contributed by atoms with van der Waals surface area (Å²) in [6.45, 7) is 0. The van der Waals surface area contributed by atoms with Crippen molar-refractivity contribution in [1.82, 2.24) is 0 Å². The second-order valence-electron chi connectivity index (χ2n) is 3.09. The first-order valence-corrected chi connectivity index (χ1v) is 6.59. The Hall–Kier alpha value is -1.20. The van der Waals surface area contributed by atoms with Gasteiger partial charge in [0.1, 0.15) is 10.1 Å². The molecule has 0 aromatic heterocycles. The Balaban J connectivity index is 2.21. The van der Waals surface area contributed by atoms with Crippen LogP contribution in [0.25, 0.3) is 6.08 Å². The lowest BCUT2D eigenvalue weighted by molar-refractivity contribution is -0.113. The highest BCUT2D eigenvalue weighted by molar-refractivity contribution is 8.40. The summed E-state index contributed by atoms with van der Waals surface area (Å²) in [6.07, 6.45) is 3.67. The molecule has 1 heterocycles. The van der Waals surface area contributed by atoms with Crippen LogP contribution in [0, 0.1) is 0 Å². The third kappa shape index (κ3) is 2.48. The van der Waals surface area contributed by atoms with Crippen LogP contribution in [0.3, 0.4) is 0 Å². The molecule has 1 amide bonds. The van der Waals surface area contributed by atoms with E-state index < -0.39 is 0 Å². The van der Waals surface area contributed by atoms with Gasteiger partial charge in [0, 0.05) is 0 Å². The minimum absolute atomic E-state index is 0.192. The van der Waals surface area contributed by atoms with Gasteiger partial charge in [0.05, 0.1) is 4.91 Å². The molecule has 0 atom stereocenters. The van der Waals surface area contributed by atoms with Crippen LogP contribution in [0.15, 0.2) is 34.2 Å². The highest BCUT2D eigenvalue weighted by Crippen LogP contribution is 2.32. The predicted molar refractivity (Wildman–Crippen MR) is 69.6 cm³/mol. The molecule has 16 heavy (non-hydrogen) atoms. The summed E-state index contributed by atoms with van der Waals surface area (Å²) in [5, 5.41) is 9.13. The van der Waals surface area contributed by atoms with Gasteiger partial charge in [-0.1, -0.05) is 23.9 Å². The number of rotatable bonds is 1. The molecule has 0 aliphatic carbocycles. The van der Waals surface area contributed by atoms with Gasteiger partial charge in [-0.25, -0.2) is 0 Å². The van der Waals surface area contributed by atoms with Crippen molar-refractivity contribution in [3.63, 3.8) is 0 Å². The fourth-order valence-electron chi connectivity index (χ4n) is 1.20. The average Bonchev–Trinajstić information content (AvgIpc) is 2.63. The summed E-state index contributed by atoms with van der Waals surface area (Å²) in [7, 11) is 0. The highest BCUT2D eigenvalue weighted by Gasteiger charge is 2.20. The molecule has 0 bridgehead atoms. The maximum absolute atomic E-state index is 11.5. The molecule has 0 fully saturated rings. The van der Waals surface area contributed by atoms with E-state index in [0.29, 0.717) is 4.91 Å². The molecule has 0 unspecified atom stereocenters. The number of carbonyl (C=O) groups is 1. The van der Waals surface area contributed by atoms with Crippen molar-refractivity contribution in [3.05, 3.63) is 34.7 Å². The van der Waals surface area contributed by atoms with Crippen LogP contribution in [0.2, 0.25) is 0 Å². The van der Waals surface area contributed by atoms with Crippen LogP contribution in [-0.4, -0.2) is 21.6 Å². The minimum atomic E-state index is -0.192. The molecular formula is C11H9NO2S2. The monoisotopic (exact) mass is 251 g/mol. The van der Waals surface area contributed by atoms with E-state index >= 15 is 0 Å². The molecule has 1 N–H and O–H groups in total. The number of nitrogens with zero attached hydrogens (tertiary/aromatic N) is 1. The lowest BCUT2D eigenvalue weighted by Gasteiger charge is -1.96. The summed E-state index contributed by atoms with van der Waals surface area (Å²) in [5.74, 6) is 0.0241. The standard InChI is InChI=1S/C11H9NO2S2/c1-15-11-12-10(14)9(16-11)6-7-2-4-8(13)5-3-7/h2-6,13H,1H3/b9-6-. The first-order chi connectivity index (χ1) is 7.69. The van der Waals surface area contributed by atoms with Crippen LogP contribution in [0.5, 0.6) is 5.75 Å². The predicted octanol–water partition coefficient (Wildman–Crippen LogP) is 2.73. The van der Waals surface area contributed by atoms with E-state index in [1.165, 1.54) is 23.5 Å². The van der Waals surface area contributed by atoms with Crippen molar-refractivity contribution < 1.29 is 9.90 Å². The van der Waals surface area contributed by atoms with Gasteiger partial charge in [0.25, 0.3) is 5.91 Å². The van der Waals surface area contributed by atoms with Gasteiger partial charge in [-0.3, -0.25) is 4.79 Å². The number of thioether (sulfide) groups is 2. The van der Waals surface area contributed by atoms with Crippen molar-refractivity contribution >= 4 is 39.9 Å². The first kappa shape index (κ1) is 11.3. The molecule has 0 saturated carbocycles. The SMILES string of the molecule is CSC1=NC(=O)/C(=C/c2ccc(O)cc2)S1.